The standard InChI is InChI=1S/C13H14BrN3O/c1-9-5-3-6-11(12(9)14)16-13(18)10(2)17-8-4-7-15-17/h3-8,10H,1-2H3,(H,16,18). The average Bonchev–Trinajstić information content (AvgIpc) is 2.87. The summed E-state index contributed by atoms with van der Waals surface area (Å²) in [6, 6.07) is 7.22. The van der Waals surface area contributed by atoms with Gasteiger partial charge in [-0.2, -0.15) is 5.10 Å². The van der Waals surface area contributed by atoms with Crippen LogP contribution < -0.4 is 5.32 Å². The fourth-order valence-electron chi connectivity index (χ4n) is 1.61. The molecule has 5 heteroatoms. The summed E-state index contributed by atoms with van der Waals surface area (Å²) in [4.78, 5) is 12.1. The van der Waals surface area contributed by atoms with Crippen molar-refractivity contribution in [2.45, 2.75) is 19.9 Å². The number of rotatable bonds is 3. The molecule has 0 fully saturated rings. The number of halogens is 1. The molecule has 0 aliphatic carbocycles. The lowest BCUT2D eigenvalue weighted by atomic mass is 10.2. The Morgan fingerprint density at radius 3 is 2.89 bits per heavy atom. The lowest BCUT2D eigenvalue weighted by Gasteiger charge is -2.14. The van der Waals surface area contributed by atoms with Gasteiger partial charge in [-0.05, 0) is 47.5 Å². The molecule has 0 aliphatic rings. The average molecular weight is 308 g/mol. The second kappa shape index (κ2) is 5.35. The van der Waals surface area contributed by atoms with E-state index in [0.717, 1.165) is 15.7 Å². The van der Waals surface area contributed by atoms with Crippen LogP contribution in [0.25, 0.3) is 0 Å². The van der Waals surface area contributed by atoms with Crippen molar-refractivity contribution in [2.75, 3.05) is 5.32 Å². The number of aryl methyl sites for hydroxylation is 1. The molecule has 0 radical (unpaired) electrons. The Balaban J connectivity index is 2.14. The molecule has 0 spiro atoms. The molecule has 1 N–H and O–H groups in total. The van der Waals surface area contributed by atoms with E-state index in [1.54, 1.807) is 23.1 Å². The maximum Gasteiger partial charge on any atom is 0.248 e. The highest BCUT2D eigenvalue weighted by Gasteiger charge is 2.16. The molecule has 1 amide bonds. The molecule has 0 bridgehead atoms. The first-order valence-corrected chi connectivity index (χ1v) is 6.44. The van der Waals surface area contributed by atoms with Crippen LogP contribution in [0.15, 0.2) is 41.1 Å². The summed E-state index contributed by atoms with van der Waals surface area (Å²) in [5.74, 6) is -0.0926. The summed E-state index contributed by atoms with van der Waals surface area (Å²) in [6.07, 6.45) is 3.43. The molecular weight excluding hydrogens is 294 g/mol. The van der Waals surface area contributed by atoms with Gasteiger partial charge < -0.3 is 5.32 Å². The van der Waals surface area contributed by atoms with Crippen molar-refractivity contribution in [2.24, 2.45) is 0 Å². The van der Waals surface area contributed by atoms with Crippen LogP contribution in [-0.4, -0.2) is 15.7 Å². The number of nitrogens with one attached hydrogen (secondary N) is 1. The molecule has 18 heavy (non-hydrogen) atoms. The zero-order chi connectivity index (χ0) is 13.1. The van der Waals surface area contributed by atoms with E-state index in [2.05, 4.69) is 26.3 Å². The number of aromatic nitrogens is 2. The summed E-state index contributed by atoms with van der Waals surface area (Å²) in [5.41, 5.74) is 1.86. The van der Waals surface area contributed by atoms with Crippen LogP contribution >= 0.6 is 15.9 Å². The van der Waals surface area contributed by atoms with E-state index in [-0.39, 0.29) is 11.9 Å². The van der Waals surface area contributed by atoms with Crippen molar-refractivity contribution >= 4 is 27.5 Å². The van der Waals surface area contributed by atoms with Gasteiger partial charge in [0.2, 0.25) is 5.91 Å². The van der Waals surface area contributed by atoms with Gasteiger partial charge >= 0.3 is 0 Å². The van der Waals surface area contributed by atoms with E-state index >= 15 is 0 Å². The lowest BCUT2D eigenvalue weighted by Crippen LogP contribution is -2.24. The number of carbonyl (C=O) groups is 1. The van der Waals surface area contributed by atoms with E-state index in [1.807, 2.05) is 32.0 Å². The molecule has 0 aliphatic heterocycles. The first kappa shape index (κ1) is 12.8. The number of carbonyl (C=O) groups excluding carboxylic acids is 1. The van der Waals surface area contributed by atoms with Crippen molar-refractivity contribution in [3.63, 3.8) is 0 Å². The second-order valence-corrected chi connectivity index (χ2v) is 4.88. The van der Waals surface area contributed by atoms with Gasteiger partial charge in [-0.15, -0.1) is 0 Å². The van der Waals surface area contributed by atoms with Crippen molar-refractivity contribution in [1.29, 1.82) is 0 Å². The van der Waals surface area contributed by atoms with Crippen LogP contribution in [0.3, 0.4) is 0 Å². The van der Waals surface area contributed by atoms with E-state index in [1.165, 1.54) is 0 Å². The fourth-order valence-corrected chi connectivity index (χ4v) is 1.97. The maximum absolute atomic E-state index is 12.1. The molecule has 0 saturated heterocycles. The van der Waals surface area contributed by atoms with Crippen LogP contribution in [0, 0.1) is 6.92 Å². The molecule has 94 valence electrons. The minimum absolute atomic E-state index is 0.0926. The summed E-state index contributed by atoms with van der Waals surface area (Å²) in [5, 5.41) is 6.96. The molecule has 0 saturated carbocycles. The lowest BCUT2D eigenvalue weighted by molar-refractivity contribution is -0.119. The van der Waals surface area contributed by atoms with Gasteiger partial charge in [-0.25, -0.2) is 0 Å². The maximum atomic E-state index is 12.1. The number of benzene rings is 1. The largest absolute Gasteiger partial charge is 0.323 e. The second-order valence-electron chi connectivity index (χ2n) is 4.09. The molecule has 1 aromatic carbocycles. The predicted octanol–water partition coefficient (Wildman–Crippen LogP) is 3.15. The Morgan fingerprint density at radius 2 is 2.22 bits per heavy atom. The molecule has 1 atom stereocenters. The Kier molecular flexibility index (Phi) is 3.81. The smallest absolute Gasteiger partial charge is 0.248 e. The molecule has 1 heterocycles. The van der Waals surface area contributed by atoms with Gasteiger partial charge in [-0.1, -0.05) is 12.1 Å². The quantitative estimate of drug-likeness (QED) is 0.947. The van der Waals surface area contributed by atoms with Crippen LogP contribution in [0.1, 0.15) is 18.5 Å². The Bertz CT molecular complexity index is 551. The first-order chi connectivity index (χ1) is 8.59. The summed E-state index contributed by atoms with van der Waals surface area (Å²) >= 11 is 3.47. The zero-order valence-corrected chi connectivity index (χ0v) is 11.8. The molecule has 1 unspecified atom stereocenters. The normalized spacial score (nSPS) is 12.2. The van der Waals surface area contributed by atoms with Crippen LogP contribution in [0.5, 0.6) is 0 Å². The number of amides is 1. The third kappa shape index (κ3) is 2.61. The molecule has 2 rings (SSSR count). The zero-order valence-electron chi connectivity index (χ0n) is 10.2. The van der Waals surface area contributed by atoms with Gasteiger partial charge in [-0.3, -0.25) is 9.48 Å². The van der Waals surface area contributed by atoms with Crippen molar-refractivity contribution in [3.8, 4) is 0 Å². The molecule has 4 nitrogen and oxygen atoms in total. The highest BCUT2D eigenvalue weighted by molar-refractivity contribution is 9.10. The van der Waals surface area contributed by atoms with E-state index < -0.39 is 0 Å². The third-order valence-electron chi connectivity index (χ3n) is 2.75. The van der Waals surface area contributed by atoms with Crippen molar-refractivity contribution < 1.29 is 4.79 Å². The van der Waals surface area contributed by atoms with E-state index in [0.29, 0.717) is 0 Å². The van der Waals surface area contributed by atoms with Gasteiger partial charge in [0.25, 0.3) is 0 Å². The minimum atomic E-state index is -0.340. The predicted molar refractivity (Wildman–Crippen MR) is 74.4 cm³/mol. The van der Waals surface area contributed by atoms with Crippen molar-refractivity contribution in [3.05, 3.63) is 46.7 Å². The topological polar surface area (TPSA) is 46.9 Å². The Morgan fingerprint density at radius 1 is 1.44 bits per heavy atom. The van der Waals surface area contributed by atoms with Gasteiger partial charge in [0.05, 0.1) is 5.69 Å². The highest BCUT2D eigenvalue weighted by Crippen LogP contribution is 2.26. The summed E-state index contributed by atoms with van der Waals surface area (Å²) in [6.45, 7) is 3.79. The number of nitrogens with zero attached hydrogens (tertiary/aromatic N) is 2. The number of anilines is 1. The Hall–Kier alpha value is -1.62. The summed E-state index contributed by atoms with van der Waals surface area (Å²) < 4.78 is 2.53. The Labute approximate surface area is 114 Å². The van der Waals surface area contributed by atoms with Gasteiger partial charge in [0.15, 0.2) is 0 Å². The third-order valence-corrected chi connectivity index (χ3v) is 3.80. The van der Waals surface area contributed by atoms with E-state index in [4.69, 9.17) is 0 Å². The molecular formula is C13H14BrN3O. The molecule has 1 aromatic heterocycles. The molecule has 2 aromatic rings. The number of hydrogen-bond donors (Lipinski definition) is 1. The van der Waals surface area contributed by atoms with Crippen LogP contribution in [0.4, 0.5) is 5.69 Å². The van der Waals surface area contributed by atoms with Crippen LogP contribution in [-0.2, 0) is 4.79 Å². The highest BCUT2D eigenvalue weighted by atomic mass is 79.9. The number of hydrogen-bond acceptors (Lipinski definition) is 2. The van der Waals surface area contributed by atoms with Crippen molar-refractivity contribution in [1.82, 2.24) is 9.78 Å². The van der Waals surface area contributed by atoms with Gasteiger partial charge in [0.1, 0.15) is 6.04 Å². The monoisotopic (exact) mass is 307 g/mol. The SMILES string of the molecule is Cc1cccc(NC(=O)C(C)n2cccn2)c1Br. The van der Waals surface area contributed by atoms with Crippen LogP contribution in [0.2, 0.25) is 0 Å². The van der Waals surface area contributed by atoms with Gasteiger partial charge in [0, 0.05) is 16.9 Å². The van der Waals surface area contributed by atoms with E-state index in [9.17, 15) is 4.79 Å². The fraction of sp³-hybridized carbons (Fsp3) is 0.231. The first-order valence-electron chi connectivity index (χ1n) is 5.64. The summed E-state index contributed by atoms with van der Waals surface area (Å²) in [7, 11) is 0. The minimum Gasteiger partial charge on any atom is -0.323 e.